The van der Waals surface area contributed by atoms with Crippen LogP contribution in [0.4, 0.5) is 5.82 Å². The van der Waals surface area contributed by atoms with Crippen molar-refractivity contribution in [3.05, 3.63) is 47.2 Å². The molecule has 0 saturated heterocycles. The molecule has 0 radical (unpaired) electrons. The fraction of sp³-hybridized carbons (Fsp3) is 0.333. The van der Waals surface area contributed by atoms with Crippen molar-refractivity contribution in [2.24, 2.45) is 5.73 Å². The molecule has 0 bridgehead atoms. The number of nitrogens with zero attached hydrogens (tertiary/aromatic N) is 1. The van der Waals surface area contributed by atoms with Crippen molar-refractivity contribution in [3.8, 4) is 0 Å². The van der Waals surface area contributed by atoms with Gasteiger partial charge < -0.3 is 11.1 Å². The first-order valence-electron chi connectivity index (χ1n) is 6.70. The lowest BCUT2D eigenvalue weighted by molar-refractivity contribution is -0.117. The van der Waals surface area contributed by atoms with E-state index in [1.807, 2.05) is 44.2 Å². The van der Waals surface area contributed by atoms with Gasteiger partial charge in [-0.1, -0.05) is 30.3 Å². The predicted octanol–water partition coefficient (Wildman–Crippen LogP) is 1.93. The number of H-pyrrole nitrogens is 1. The third-order valence-electron chi connectivity index (χ3n) is 3.42. The van der Waals surface area contributed by atoms with Crippen LogP contribution in [0.25, 0.3) is 0 Å². The molecule has 2 aromatic rings. The third-order valence-corrected chi connectivity index (χ3v) is 3.42. The average Bonchev–Trinajstić information content (AvgIpc) is 2.78. The number of aromatic amines is 1. The van der Waals surface area contributed by atoms with Gasteiger partial charge in [-0.3, -0.25) is 9.89 Å². The van der Waals surface area contributed by atoms with Crippen molar-refractivity contribution in [2.45, 2.75) is 32.7 Å². The number of hydrogen-bond acceptors (Lipinski definition) is 3. The molecule has 4 N–H and O–H groups in total. The van der Waals surface area contributed by atoms with E-state index in [9.17, 15) is 4.79 Å². The molecule has 1 amide bonds. The number of aromatic nitrogens is 2. The van der Waals surface area contributed by atoms with Crippen LogP contribution >= 0.6 is 0 Å². The van der Waals surface area contributed by atoms with Gasteiger partial charge in [0.1, 0.15) is 0 Å². The molecule has 1 unspecified atom stereocenters. The highest BCUT2D eigenvalue weighted by Gasteiger charge is 2.16. The number of hydrogen-bond donors (Lipinski definition) is 3. The number of rotatable bonds is 5. The quantitative estimate of drug-likeness (QED) is 0.777. The van der Waals surface area contributed by atoms with Gasteiger partial charge in [0, 0.05) is 11.3 Å². The molecule has 5 nitrogen and oxygen atoms in total. The zero-order valence-corrected chi connectivity index (χ0v) is 11.8. The van der Waals surface area contributed by atoms with E-state index >= 15 is 0 Å². The fourth-order valence-corrected chi connectivity index (χ4v) is 1.91. The predicted molar refractivity (Wildman–Crippen MR) is 79.4 cm³/mol. The van der Waals surface area contributed by atoms with E-state index < -0.39 is 6.04 Å². The molecule has 1 atom stereocenters. The minimum absolute atomic E-state index is 0.199. The summed E-state index contributed by atoms with van der Waals surface area (Å²) in [6, 6.07) is 9.47. The molecule has 5 heteroatoms. The van der Waals surface area contributed by atoms with Gasteiger partial charge in [-0.25, -0.2) is 0 Å². The summed E-state index contributed by atoms with van der Waals surface area (Å²) in [5, 5.41) is 9.64. The topological polar surface area (TPSA) is 83.8 Å². The van der Waals surface area contributed by atoms with Crippen molar-refractivity contribution in [2.75, 3.05) is 5.32 Å². The summed E-state index contributed by atoms with van der Waals surface area (Å²) in [6.45, 7) is 3.82. The highest BCUT2D eigenvalue weighted by molar-refractivity contribution is 5.94. The molecule has 1 aromatic carbocycles. The Bertz CT molecular complexity index is 577. The maximum atomic E-state index is 12.0. The molecule has 1 aromatic heterocycles. The van der Waals surface area contributed by atoms with Crippen LogP contribution in [-0.2, 0) is 11.2 Å². The largest absolute Gasteiger partial charge is 0.320 e. The van der Waals surface area contributed by atoms with E-state index in [0.29, 0.717) is 12.2 Å². The number of nitrogens with one attached hydrogen (secondary N) is 2. The first kappa shape index (κ1) is 14.3. The van der Waals surface area contributed by atoms with Crippen molar-refractivity contribution < 1.29 is 4.79 Å². The van der Waals surface area contributed by atoms with Gasteiger partial charge >= 0.3 is 0 Å². The molecule has 0 aliphatic rings. The van der Waals surface area contributed by atoms with E-state index in [2.05, 4.69) is 15.5 Å². The summed E-state index contributed by atoms with van der Waals surface area (Å²) in [7, 11) is 0. The Labute approximate surface area is 118 Å². The molecule has 0 aliphatic carbocycles. The van der Waals surface area contributed by atoms with Gasteiger partial charge in [-0.2, -0.15) is 5.10 Å². The SMILES string of the molecule is Cc1[nH]nc(NC(=O)C(N)CCc2ccccc2)c1C. The number of carbonyl (C=O) groups is 1. The second-order valence-corrected chi connectivity index (χ2v) is 4.94. The molecule has 0 fully saturated rings. The van der Waals surface area contributed by atoms with Crippen LogP contribution in [0.5, 0.6) is 0 Å². The number of aryl methyl sites for hydroxylation is 2. The summed E-state index contributed by atoms with van der Waals surface area (Å²) >= 11 is 0. The lowest BCUT2D eigenvalue weighted by Gasteiger charge is -2.11. The van der Waals surface area contributed by atoms with E-state index in [0.717, 1.165) is 17.7 Å². The van der Waals surface area contributed by atoms with E-state index in [4.69, 9.17) is 5.73 Å². The number of amides is 1. The third kappa shape index (κ3) is 3.45. The molecule has 0 saturated carbocycles. The Morgan fingerprint density at radius 3 is 2.65 bits per heavy atom. The number of carbonyl (C=O) groups excluding carboxylic acids is 1. The lowest BCUT2D eigenvalue weighted by Crippen LogP contribution is -2.36. The first-order valence-corrected chi connectivity index (χ1v) is 6.70. The van der Waals surface area contributed by atoms with Crippen molar-refractivity contribution in [1.82, 2.24) is 10.2 Å². The van der Waals surface area contributed by atoms with Gasteiger partial charge in [-0.15, -0.1) is 0 Å². The first-order chi connectivity index (χ1) is 9.58. The minimum Gasteiger partial charge on any atom is -0.320 e. The van der Waals surface area contributed by atoms with Gasteiger partial charge in [0.15, 0.2) is 5.82 Å². The summed E-state index contributed by atoms with van der Waals surface area (Å²) in [5.41, 5.74) is 8.98. The van der Waals surface area contributed by atoms with Crippen LogP contribution in [0.2, 0.25) is 0 Å². The van der Waals surface area contributed by atoms with Crippen LogP contribution in [0.15, 0.2) is 30.3 Å². The number of nitrogens with two attached hydrogens (primary N) is 1. The Kier molecular flexibility index (Phi) is 4.53. The van der Waals surface area contributed by atoms with Crippen LogP contribution in [0.1, 0.15) is 23.2 Å². The minimum atomic E-state index is -0.536. The second-order valence-electron chi connectivity index (χ2n) is 4.94. The van der Waals surface area contributed by atoms with Crippen molar-refractivity contribution in [3.63, 3.8) is 0 Å². The summed E-state index contributed by atoms with van der Waals surface area (Å²) in [6.07, 6.45) is 1.40. The zero-order chi connectivity index (χ0) is 14.5. The van der Waals surface area contributed by atoms with Crippen LogP contribution in [0.3, 0.4) is 0 Å². The smallest absolute Gasteiger partial charge is 0.242 e. The highest BCUT2D eigenvalue weighted by atomic mass is 16.2. The Hall–Kier alpha value is -2.14. The summed E-state index contributed by atoms with van der Waals surface area (Å²) in [4.78, 5) is 12.0. The number of benzene rings is 1. The zero-order valence-electron chi connectivity index (χ0n) is 11.8. The van der Waals surface area contributed by atoms with Crippen LogP contribution in [0, 0.1) is 13.8 Å². The maximum absolute atomic E-state index is 12.0. The summed E-state index contributed by atoms with van der Waals surface area (Å²) < 4.78 is 0. The molecular formula is C15H20N4O. The monoisotopic (exact) mass is 272 g/mol. The van der Waals surface area contributed by atoms with Gasteiger partial charge in [-0.05, 0) is 32.3 Å². The Morgan fingerprint density at radius 2 is 2.05 bits per heavy atom. The lowest BCUT2D eigenvalue weighted by atomic mass is 10.1. The maximum Gasteiger partial charge on any atom is 0.242 e. The van der Waals surface area contributed by atoms with E-state index in [1.54, 1.807) is 0 Å². The van der Waals surface area contributed by atoms with Crippen molar-refractivity contribution >= 4 is 11.7 Å². The Balaban J connectivity index is 1.88. The molecule has 2 rings (SSSR count). The molecule has 20 heavy (non-hydrogen) atoms. The second kappa shape index (κ2) is 6.34. The van der Waals surface area contributed by atoms with Gasteiger partial charge in [0.25, 0.3) is 0 Å². The standard InChI is InChI=1S/C15H20N4O/c1-10-11(2)18-19-14(10)17-15(20)13(16)9-8-12-6-4-3-5-7-12/h3-7,13H,8-9,16H2,1-2H3,(H2,17,18,19,20). The normalized spacial score (nSPS) is 12.2. The highest BCUT2D eigenvalue weighted by Crippen LogP contribution is 2.14. The van der Waals surface area contributed by atoms with Crippen LogP contribution in [-0.4, -0.2) is 22.1 Å². The molecular weight excluding hydrogens is 252 g/mol. The van der Waals surface area contributed by atoms with Crippen molar-refractivity contribution in [1.29, 1.82) is 0 Å². The van der Waals surface area contributed by atoms with Gasteiger partial charge in [0.2, 0.25) is 5.91 Å². The molecule has 106 valence electrons. The van der Waals surface area contributed by atoms with E-state index in [1.165, 1.54) is 5.56 Å². The molecule has 0 spiro atoms. The van der Waals surface area contributed by atoms with Crippen LogP contribution < -0.4 is 11.1 Å². The average molecular weight is 272 g/mol. The summed E-state index contributed by atoms with van der Waals surface area (Å²) in [5.74, 6) is 0.359. The fourth-order valence-electron chi connectivity index (χ4n) is 1.91. The Morgan fingerprint density at radius 1 is 1.35 bits per heavy atom. The molecule has 1 heterocycles. The van der Waals surface area contributed by atoms with E-state index in [-0.39, 0.29) is 5.91 Å². The van der Waals surface area contributed by atoms with Gasteiger partial charge in [0.05, 0.1) is 6.04 Å². The number of anilines is 1. The molecule has 0 aliphatic heterocycles.